The van der Waals surface area contributed by atoms with E-state index in [0.717, 1.165) is 29.6 Å². The molecule has 0 saturated carbocycles. The van der Waals surface area contributed by atoms with E-state index in [2.05, 4.69) is 46.1 Å². The molecule has 0 atom stereocenters. The fourth-order valence-electron chi connectivity index (χ4n) is 2.09. The lowest BCUT2D eigenvalue weighted by molar-refractivity contribution is -0.129. The highest BCUT2D eigenvalue weighted by atomic mass is 79.9. The fourth-order valence-corrected chi connectivity index (χ4v) is 3.45. The quantitative estimate of drug-likeness (QED) is 0.524. The van der Waals surface area contributed by atoms with Gasteiger partial charge in [0, 0.05) is 0 Å². The molecule has 1 rings (SSSR count). The Labute approximate surface area is 119 Å². The van der Waals surface area contributed by atoms with E-state index in [9.17, 15) is 9.59 Å². The van der Waals surface area contributed by atoms with Crippen molar-refractivity contribution in [2.75, 3.05) is 0 Å². The van der Waals surface area contributed by atoms with Crippen molar-refractivity contribution in [3.8, 4) is 0 Å². The lowest BCUT2D eigenvalue weighted by Crippen LogP contribution is -2.44. The number of amides is 3. The maximum atomic E-state index is 12.2. The van der Waals surface area contributed by atoms with Gasteiger partial charge in [0.15, 0.2) is 0 Å². The SMILES string of the molecule is CCCCC1(CCCC)C(=O)N(Br)C(=O)N1Br. The molecule has 0 aliphatic carbocycles. The second-order valence-electron chi connectivity index (χ2n) is 4.39. The molecule has 0 spiro atoms. The number of urea groups is 1. The summed E-state index contributed by atoms with van der Waals surface area (Å²) < 4.78 is 2.45. The normalized spacial score (nSPS) is 19.3. The molecule has 1 fully saturated rings. The van der Waals surface area contributed by atoms with Gasteiger partial charge in [-0.2, -0.15) is 3.93 Å². The predicted octanol–water partition coefficient (Wildman–Crippen LogP) is 3.99. The number of nitrogens with zero attached hydrogens (tertiary/aromatic N) is 2. The van der Waals surface area contributed by atoms with E-state index in [1.54, 1.807) is 0 Å². The van der Waals surface area contributed by atoms with Gasteiger partial charge in [-0.3, -0.25) is 4.79 Å². The molecule has 0 aromatic carbocycles. The van der Waals surface area contributed by atoms with Gasteiger partial charge in [-0.1, -0.05) is 39.5 Å². The summed E-state index contributed by atoms with van der Waals surface area (Å²) >= 11 is 6.29. The van der Waals surface area contributed by atoms with Gasteiger partial charge in [0.2, 0.25) is 0 Å². The number of hydrogen-bond acceptors (Lipinski definition) is 2. The molecule has 17 heavy (non-hydrogen) atoms. The third-order valence-corrected chi connectivity index (χ3v) is 4.78. The summed E-state index contributed by atoms with van der Waals surface area (Å²) in [6, 6.07) is -0.331. The minimum Gasteiger partial charge on any atom is -0.271 e. The Hall–Kier alpha value is -0.100. The lowest BCUT2D eigenvalue weighted by Gasteiger charge is -2.30. The van der Waals surface area contributed by atoms with Crippen LogP contribution in [0.2, 0.25) is 0 Å². The minimum atomic E-state index is -0.702. The van der Waals surface area contributed by atoms with Gasteiger partial charge in [-0.05, 0) is 12.8 Å². The van der Waals surface area contributed by atoms with Crippen LogP contribution < -0.4 is 0 Å². The van der Waals surface area contributed by atoms with Crippen LogP contribution in [0.4, 0.5) is 4.79 Å². The summed E-state index contributed by atoms with van der Waals surface area (Å²) in [5, 5.41) is 0. The topological polar surface area (TPSA) is 40.6 Å². The van der Waals surface area contributed by atoms with E-state index in [1.807, 2.05) is 0 Å². The van der Waals surface area contributed by atoms with Gasteiger partial charge < -0.3 is 0 Å². The Morgan fingerprint density at radius 1 is 1.06 bits per heavy atom. The third-order valence-electron chi connectivity index (χ3n) is 3.18. The van der Waals surface area contributed by atoms with Crippen molar-refractivity contribution in [1.29, 1.82) is 0 Å². The van der Waals surface area contributed by atoms with Crippen molar-refractivity contribution >= 4 is 44.2 Å². The molecular formula is C11H18Br2N2O2. The van der Waals surface area contributed by atoms with Crippen molar-refractivity contribution in [2.45, 2.75) is 57.9 Å². The maximum absolute atomic E-state index is 12.2. The van der Waals surface area contributed by atoms with Gasteiger partial charge in [0.25, 0.3) is 5.91 Å². The summed E-state index contributed by atoms with van der Waals surface area (Å²) in [5.74, 6) is -0.152. The zero-order chi connectivity index (χ0) is 13.1. The summed E-state index contributed by atoms with van der Waals surface area (Å²) in [6.07, 6.45) is 5.32. The van der Waals surface area contributed by atoms with E-state index in [1.165, 1.54) is 3.93 Å². The Morgan fingerprint density at radius 2 is 1.53 bits per heavy atom. The third kappa shape index (κ3) is 2.67. The molecule has 1 aliphatic rings. The minimum absolute atomic E-state index is 0.152. The highest BCUT2D eigenvalue weighted by Crippen LogP contribution is 2.40. The smallest absolute Gasteiger partial charge is 0.271 e. The molecule has 1 saturated heterocycles. The first-order chi connectivity index (χ1) is 8.01. The van der Waals surface area contributed by atoms with Crippen LogP contribution in [-0.4, -0.2) is 25.3 Å². The van der Waals surface area contributed by atoms with Gasteiger partial charge in [0.05, 0.1) is 32.3 Å². The van der Waals surface area contributed by atoms with Gasteiger partial charge in [-0.15, -0.1) is 0 Å². The number of rotatable bonds is 6. The summed E-state index contributed by atoms with van der Waals surface area (Å²) in [7, 11) is 0. The molecule has 0 bridgehead atoms. The van der Waals surface area contributed by atoms with Crippen molar-refractivity contribution in [3.63, 3.8) is 0 Å². The number of unbranched alkanes of at least 4 members (excludes halogenated alkanes) is 2. The van der Waals surface area contributed by atoms with Crippen molar-refractivity contribution in [1.82, 2.24) is 7.85 Å². The number of carbonyl (C=O) groups excluding carboxylic acids is 2. The monoisotopic (exact) mass is 368 g/mol. The molecule has 4 nitrogen and oxygen atoms in total. The van der Waals surface area contributed by atoms with Crippen molar-refractivity contribution in [2.24, 2.45) is 0 Å². The largest absolute Gasteiger partial charge is 0.348 e. The summed E-state index contributed by atoms with van der Waals surface area (Å²) in [6.45, 7) is 4.17. The number of carbonyl (C=O) groups is 2. The van der Waals surface area contributed by atoms with Crippen molar-refractivity contribution < 1.29 is 9.59 Å². The number of imide groups is 1. The van der Waals surface area contributed by atoms with Crippen LogP contribution in [0.3, 0.4) is 0 Å². The number of hydrogen-bond donors (Lipinski definition) is 0. The average molecular weight is 370 g/mol. The zero-order valence-electron chi connectivity index (χ0n) is 10.2. The van der Waals surface area contributed by atoms with E-state index in [0.29, 0.717) is 12.8 Å². The second kappa shape index (κ2) is 6.18. The van der Waals surface area contributed by atoms with Crippen LogP contribution in [-0.2, 0) is 4.79 Å². The first-order valence-electron chi connectivity index (χ1n) is 6.01. The van der Waals surface area contributed by atoms with Gasteiger partial charge >= 0.3 is 6.03 Å². The molecule has 0 aromatic heterocycles. The molecule has 1 aliphatic heterocycles. The molecule has 0 aromatic rings. The van der Waals surface area contributed by atoms with Gasteiger partial charge in [-0.25, -0.2) is 8.72 Å². The van der Waals surface area contributed by atoms with E-state index >= 15 is 0 Å². The maximum Gasteiger partial charge on any atom is 0.348 e. The lowest BCUT2D eigenvalue weighted by atomic mass is 9.87. The summed E-state index contributed by atoms with van der Waals surface area (Å²) in [5.41, 5.74) is -0.702. The van der Waals surface area contributed by atoms with E-state index < -0.39 is 5.54 Å². The molecule has 6 heteroatoms. The molecule has 0 unspecified atom stereocenters. The molecular weight excluding hydrogens is 352 g/mol. The summed E-state index contributed by atoms with van der Waals surface area (Å²) in [4.78, 5) is 24.0. The Kier molecular flexibility index (Phi) is 5.44. The average Bonchev–Trinajstić information content (AvgIpc) is 2.49. The Bertz CT molecular complexity index is 302. The molecule has 3 amide bonds. The number of halogens is 2. The van der Waals surface area contributed by atoms with E-state index in [4.69, 9.17) is 0 Å². The van der Waals surface area contributed by atoms with Crippen LogP contribution in [0.1, 0.15) is 52.4 Å². The highest BCUT2D eigenvalue weighted by Gasteiger charge is 2.55. The van der Waals surface area contributed by atoms with Crippen molar-refractivity contribution in [3.05, 3.63) is 0 Å². The Balaban J connectivity index is 2.95. The first-order valence-corrected chi connectivity index (χ1v) is 7.43. The standard InChI is InChI=1S/C11H18Br2N2O2/c1-3-5-7-11(8-6-4-2)9(16)14(12)10(17)15(11)13/h3-8H2,1-2H3. The van der Waals surface area contributed by atoms with Crippen LogP contribution >= 0.6 is 32.3 Å². The molecule has 0 N–H and O–H groups in total. The van der Waals surface area contributed by atoms with Gasteiger partial charge in [0.1, 0.15) is 5.54 Å². The fraction of sp³-hybridized carbons (Fsp3) is 0.818. The van der Waals surface area contributed by atoms with Crippen LogP contribution in [0.15, 0.2) is 0 Å². The van der Waals surface area contributed by atoms with E-state index in [-0.39, 0.29) is 11.9 Å². The molecule has 1 heterocycles. The Morgan fingerprint density at radius 3 is 1.82 bits per heavy atom. The predicted molar refractivity (Wildman–Crippen MR) is 73.7 cm³/mol. The van der Waals surface area contributed by atoms with Crippen LogP contribution in [0.5, 0.6) is 0 Å². The van der Waals surface area contributed by atoms with Crippen LogP contribution in [0, 0.1) is 0 Å². The van der Waals surface area contributed by atoms with Crippen LogP contribution in [0.25, 0.3) is 0 Å². The molecule has 0 radical (unpaired) electrons. The second-order valence-corrected chi connectivity index (χ2v) is 5.81. The molecule has 98 valence electrons. The zero-order valence-corrected chi connectivity index (χ0v) is 13.4. The first kappa shape index (κ1) is 15.0. The highest BCUT2D eigenvalue weighted by molar-refractivity contribution is 9.08.